The summed E-state index contributed by atoms with van der Waals surface area (Å²) in [6, 6.07) is 0. The number of unbranched alkanes of at least 4 members (excludes halogenated alkanes) is 20. The fraction of sp³-hybridized carbons (Fsp3) is 0.900. The van der Waals surface area contributed by atoms with Crippen LogP contribution in [0, 0.1) is 0 Å². The molecule has 1 saturated carbocycles. The minimum atomic E-state index is -5.10. The summed E-state index contributed by atoms with van der Waals surface area (Å²) in [5, 5.41) is 49.8. The van der Waals surface area contributed by atoms with Crippen molar-refractivity contribution in [3.05, 3.63) is 12.2 Å². The zero-order chi connectivity index (χ0) is 40.0. The second-order valence-corrected chi connectivity index (χ2v) is 16.3. The van der Waals surface area contributed by atoms with Crippen molar-refractivity contribution in [1.82, 2.24) is 0 Å². The van der Waals surface area contributed by atoms with E-state index in [2.05, 4.69) is 19.1 Å². The minimum Gasteiger partial charge on any atom is -0.462 e. The van der Waals surface area contributed by atoms with Crippen LogP contribution in [0.1, 0.15) is 174 Å². The van der Waals surface area contributed by atoms with Gasteiger partial charge in [0, 0.05) is 12.8 Å². The summed E-state index contributed by atoms with van der Waals surface area (Å²) >= 11 is 0. The molecule has 0 aromatic heterocycles. The lowest BCUT2D eigenvalue weighted by atomic mass is 9.85. The highest BCUT2D eigenvalue weighted by atomic mass is 31.2. The molecule has 0 aromatic carbocycles. The van der Waals surface area contributed by atoms with E-state index < -0.39 is 75.7 Å². The van der Waals surface area contributed by atoms with E-state index >= 15 is 0 Å². The number of carbonyl (C=O) groups is 2. The van der Waals surface area contributed by atoms with Crippen LogP contribution >= 0.6 is 7.82 Å². The van der Waals surface area contributed by atoms with E-state index in [-0.39, 0.29) is 12.8 Å². The highest BCUT2D eigenvalue weighted by Crippen LogP contribution is 2.47. The number of phosphoric acid groups is 1. The molecule has 1 rings (SSSR count). The number of hydrogen-bond acceptors (Lipinski definition) is 12. The Kier molecular flexibility index (Phi) is 29.7. The van der Waals surface area contributed by atoms with Gasteiger partial charge >= 0.3 is 19.8 Å². The lowest BCUT2D eigenvalue weighted by molar-refractivity contribution is -0.220. The molecule has 54 heavy (non-hydrogen) atoms. The quantitative estimate of drug-likeness (QED) is 0.0166. The minimum absolute atomic E-state index is 0.0971. The zero-order valence-corrected chi connectivity index (χ0v) is 34.2. The third-order valence-corrected chi connectivity index (χ3v) is 10.8. The maximum atomic E-state index is 12.7. The Morgan fingerprint density at radius 3 is 1.43 bits per heavy atom. The van der Waals surface area contributed by atoms with Crippen molar-refractivity contribution in [3.63, 3.8) is 0 Å². The molecule has 318 valence electrons. The number of esters is 2. The van der Waals surface area contributed by atoms with E-state index in [1.54, 1.807) is 0 Å². The Morgan fingerprint density at radius 1 is 0.556 bits per heavy atom. The summed E-state index contributed by atoms with van der Waals surface area (Å²) in [5.41, 5.74) is 0. The average molecular weight is 795 g/mol. The number of hydrogen-bond donors (Lipinski definition) is 6. The molecule has 0 aromatic rings. The molecule has 0 radical (unpaired) electrons. The zero-order valence-electron chi connectivity index (χ0n) is 33.3. The van der Waals surface area contributed by atoms with Crippen molar-refractivity contribution in [3.8, 4) is 0 Å². The summed E-state index contributed by atoms with van der Waals surface area (Å²) in [5.74, 6) is -1.12. The molecule has 1 aliphatic carbocycles. The Balaban J connectivity index is 2.33. The van der Waals surface area contributed by atoms with Gasteiger partial charge in [0.05, 0.1) is 6.61 Å². The number of ether oxygens (including phenoxy) is 2. The smallest absolute Gasteiger partial charge is 0.462 e. The van der Waals surface area contributed by atoms with Crippen LogP contribution in [0.5, 0.6) is 0 Å². The molecule has 0 heterocycles. The first-order valence-electron chi connectivity index (χ1n) is 21.0. The van der Waals surface area contributed by atoms with Crippen molar-refractivity contribution >= 4 is 19.8 Å². The fourth-order valence-electron chi connectivity index (χ4n) is 6.40. The van der Waals surface area contributed by atoms with Gasteiger partial charge in [-0.05, 0) is 38.5 Å². The van der Waals surface area contributed by atoms with Crippen molar-refractivity contribution < 1.29 is 63.1 Å². The van der Waals surface area contributed by atoms with Gasteiger partial charge < -0.3 is 39.9 Å². The molecule has 0 spiro atoms. The first-order chi connectivity index (χ1) is 25.9. The lowest BCUT2D eigenvalue weighted by Gasteiger charge is -2.41. The van der Waals surface area contributed by atoms with Gasteiger partial charge in [-0.25, -0.2) is 4.57 Å². The Bertz CT molecular complexity index is 1010. The molecule has 1 fully saturated rings. The summed E-state index contributed by atoms with van der Waals surface area (Å²) < 4.78 is 33.1. The number of rotatable bonds is 34. The highest BCUT2D eigenvalue weighted by Gasteiger charge is 2.51. The van der Waals surface area contributed by atoms with Crippen molar-refractivity contribution in [2.75, 3.05) is 13.2 Å². The number of allylic oxidation sites excluding steroid dienone is 2. The van der Waals surface area contributed by atoms with Gasteiger partial charge in [-0.3, -0.25) is 18.6 Å². The third kappa shape index (κ3) is 24.3. The van der Waals surface area contributed by atoms with Crippen LogP contribution in [0.25, 0.3) is 0 Å². The molecule has 0 bridgehead atoms. The van der Waals surface area contributed by atoms with E-state index in [1.165, 1.54) is 83.5 Å². The van der Waals surface area contributed by atoms with Crippen LogP contribution < -0.4 is 0 Å². The van der Waals surface area contributed by atoms with Crippen LogP contribution in [0.15, 0.2) is 12.2 Å². The van der Waals surface area contributed by atoms with Gasteiger partial charge in [0.15, 0.2) is 6.10 Å². The highest BCUT2D eigenvalue weighted by molar-refractivity contribution is 7.47. The largest absolute Gasteiger partial charge is 0.472 e. The maximum absolute atomic E-state index is 12.7. The predicted octanol–water partition coefficient (Wildman–Crippen LogP) is 7.11. The SMILES string of the molecule is CCCCCCCCCC/C=C\CCCCCCCCCCCC(=O)OC(COC(=O)CCCCCC)COP(=O)(O)OC1C(O)C(O)C(O)C(O)C1O. The molecule has 6 unspecified atom stereocenters. The monoisotopic (exact) mass is 794 g/mol. The molecule has 14 heteroatoms. The Hall–Kier alpha value is -1.41. The standard InChI is InChI=1S/C40H75O13P/c1-3-5-7-9-10-11-12-13-14-15-16-17-18-19-20-21-22-23-24-25-27-29-34(42)52-32(30-50-33(41)28-26-8-6-4-2)31-51-54(48,49)53-40-38(46)36(44)35(43)37(45)39(40)47/h15-16,32,35-40,43-47H,3-14,17-31H2,1-2H3,(H,48,49)/b16-15-. The number of carbonyl (C=O) groups excluding carboxylic acids is 2. The summed E-state index contributed by atoms with van der Waals surface area (Å²) in [6.07, 6.45) is 18.0. The van der Waals surface area contributed by atoms with Gasteiger partial charge in [-0.1, -0.05) is 135 Å². The van der Waals surface area contributed by atoms with Crippen LogP contribution in [-0.2, 0) is 32.7 Å². The van der Waals surface area contributed by atoms with Crippen LogP contribution in [0.2, 0.25) is 0 Å². The van der Waals surface area contributed by atoms with Gasteiger partial charge in [0.1, 0.15) is 43.2 Å². The molecular weight excluding hydrogens is 719 g/mol. The predicted molar refractivity (Wildman–Crippen MR) is 207 cm³/mol. The third-order valence-electron chi connectivity index (χ3n) is 9.86. The van der Waals surface area contributed by atoms with Gasteiger partial charge in [-0.15, -0.1) is 0 Å². The van der Waals surface area contributed by atoms with Crippen molar-refractivity contribution in [2.24, 2.45) is 0 Å². The fourth-order valence-corrected chi connectivity index (χ4v) is 7.37. The van der Waals surface area contributed by atoms with Crippen LogP contribution in [-0.4, -0.2) is 98.3 Å². The van der Waals surface area contributed by atoms with Gasteiger partial charge in [0.2, 0.25) is 0 Å². The number of phosphoric ester groups is 1. The summed E-state index contributed by atoms with van der Waals surface area (Å²) in [7, 11) is -5.10. The molecule has 6 atom stereocenters. The number of aliphatic hydroxyl groups is 5. The second-order valence-electron chi connectivity index (χ2n) is 14.8. The topological polar surface area (TPSA) is 210 Å². The van der Waals surface area contributed by atoms with Crippen LogP contribution in [0.4, 0.5) is 0 Å². The number of aliphatic hydroxyl groups excluding tert-OH is 5. The molecule has 1 aliphatic rings. The van der Waals surface area contributed by atoms with E-state index in [1.807, 2.05) is 6.92 Å². The molecule has 0 aliphatic heterocycles. The van der Waals surface area contributed by atoms with E-state index in [0.29, 0.717) is 12.8 Å². The lowest BCUT2D eigenvalue weighted by Crippen LogP contribution is -2.64. The van der Waals surface area contributed by atoms with Crippen LogP contribution in [0.3, 0.4) is 0 Å². The molecule has 0 saturated heterocycles. The summed E-state index contributed by atoms with van der Waals surface area (Å²) in [4.78, 5) is 35.1. The Morgan fingerprint density at radius 2 is 0.944 bits per heavy atom. The molecule has 6 N–H and O–H groups in total. The van der Waals surface area contributed by atoms with Crippen molar-refractivity contribution in [1.29, 1.82) is 0 Å². The molecule has 0 amide bonds. The molecule has 13 nitrogen and oxygen atoms in total. The van der Waals surface area contributed by atoms with Gasteiger partial charge in [0.25, 0.3) is 0 Å². The maximum Gasteiger partial charge on any atom is 0.472 e. The van der Waals surface area contributed by atoms with Gasteiger partial charge in [-0.2, -0.15) is 0 Å². The Labute approximate surface area is 324 Å². The summed E-state index contributed by atoms with van der Waals surface area (Å²) in [6.45, 7) is 3.13. The first kappa shape index (κ1) is 50.6. The normalized spacial score (nSPS) is 23.3. The average Bonchev–Trinajstić information content (AvgIpc) is 3.15. The van der Waals surface area contributed by atoms with E-state index in [0.717, 1.165) is 51.4 Å². The van der Waals surface area contributed by atoms with Crippen molar-refractivity contribution in [2.45, 2.75) is 217 Å². The van der Waals surface area contributed by atoms with E-state index in [4.69, 9.17) is 18.5 Å². The molecular formula is C40H75O13P. The first-order valence-corrected chi connectivity index (χ1v) is 22.5. The van der Waals surface area contributed by atoms with E-state index in [9.17, 15) is 44.6 Å². The second kappa shape index (κ2) is 31.6.